The normalized spacial score (nSPS) is 30.9. The lowest BCUT2D eigenvalue weighted by atomic mass is 9.88. The van der Waals surface area contributed by atoms with Crippen LogP contribution >= 0.6 is 0 Å². The van der Waals surface area contributed by atoms with Gasteiger partial charge < -0.3 is 15.5 Å². The van der Waals surface area contributed by atoms with Crippen LogP contribution in [0.5, 0.6) is 0 Å². The molecular formula is C16H32N4. The minimum absolute atomic E-state index is 0.239. The lowest BCUT2D eigenvalue weighted by Crippen LogP contribution is -2.53. The highest BCUT2D eigenvalue weighted by Crippen LogP contribution is 2.38. The molecular weight excluding hydrogens is 248 g/mol. The number of hydrogen-bond acceptors (Lipinski definition) is 4. The molecule has 0 bridgehead atoms. The summed E-state index contributed by atoms with van der Waals surface area (Å²) in [5, 5.41) is 0. The van der Waals surface area contributed by atoms with E-state index in [1.807, 2.05) is 0 Å². The molecule has 4 heteroatoms. The van der Waals surface area contributed by atoms with Crippen LogP contribution in [-0.2, 0) is 0 Å². The summed E-state index contributed by atoms with van der Waals surface area (Å²) in [7, 11) is 4.25. The van der Waals surface area contributed by atoms with Gasteiger partial charge in [0.05, 0.1) is 12.1 Å². The van der Waals surface area contributed by atoms with Crippen molar-refractivity contribution in [2.24, 2.45) is 16.6 Å². The third-order valence-electron chi connectivity index (χ3n) is 5.12. The van der Waals surface area contributed by atoms with Gasteiger partial charge in [-0.25, -0.2) is 0 Å². The maximum atomic E-state index is 6.17. The van der Waals surface area contributed by atoms with E-state index in [1.54, 1.807) is 0 Å². The molecule has 2 aliphatic rings. The fourth-order valence-corrected chi connectivity index (χ4v) is 3.88. The number of rotatable bonds is 5. The Bertz CT molecular complexity index is 339. The molecule has 0 aromatic heterocycles. The van der Waals surface area contributed by atoms with Gasteiger partial charge in [-0.05, 0) is 39.3 Å². The molecule has 2 N–H and O–H groups in total. The van der Waals surface area contributed by atoms with Crippen molar-refractivity contribution in [2.75, 3.05) is 33.7 Å². The first-order valence-electron chi connectivity index (χ1n) is 8.30. The van der Waals surface area contributed by atoms with Crippen molar-refractivity contribution in [3.63, 3.8) is 0 Å². The summed E-state index contributed by atoms with van der Waals surface area (Å²) in [5.41, 5.74) is 6.41. The average molecular weight is 280 g/mol. The molecule has 0 aromatic carbocycles. The number of aliphatic imine (C=N–C) groups is 1. The number of hydrogen-bond donors (Lipinski definition) is 1. The first-order chi connectivity index (χ1) is 9.57. The predicted octanol–water partition coefficient (Wildman–Crippen LogP) is 2.30. The van der Waals surface area contributed by atoms with Crippen molar-refractivity contribution in [3.05, 3.63) is 0 Å². The Kier molecular flexibility index (Phi) is 5.30. The van der Waals surface area contributed by atoms with Crippen LogP contribution in [0.25, 0.3) is 0 Å². The summed E-state index contributed by atoms with van der Waals surface area (Å²) < 4.78 is 0. The van der Waals surface area contributed by atoms with Gasteiger partial charge in [-0.2, -0.15) is 0 Å². The Balaban J connectivity index is 2.01. The molecule has 2 atom stereocenters. The van der Waals surface area contributed by atoms with Crippen molar-refractivity contribution >= 4 is 5.96 Å². The quantitative estimate of drug-likeness (QED) is 0.840. The third kappa shape index (κ3) is 3.46. The van der Waals surface area contributed by atoms with Gasteiger partial charge in [-0.15, -0.1) is 0 Å². The maximum absolute atomic E-state index is 6.17. The van der Waals surface area contributed by atoms with Crippen LogP contribution in [0, 0.1) is 5.92 Å². The largest absolute Gasteiger partial charge is 0.370 e. The van der Waals surface area contributed by atoms with E-state index in [0.717, 1.165) is 31.5 Å². The van der Waals surface area contributed by atoms with E-state index in [-0.39, 0.29) is 5.54 Å². The highest BCUT2D eigenvalue weighted by atomic mass is 15.4. The molecule has 2 unspecified atom stereocenters. The molecule has 116 valence electrons. The van der Waals surface area contributed by atoms with Crippen LogP contribution in [0.2, 0.25) is 0 Å². The van der Waals surface area contributed by atoms with E-state index in [0.29, 0.717) is 0 Å². The van der Waals surface area contributed by atoms with E-state index in [2.05, 4.69) is 35.8 Å². The molecule has 1 spiro atoms. The smallest absolute Gasteiger partial charge is 0.191 e. The molecule has 0 amide bonds. The highest BCUT2D eigenvalue weighted by molar-refractivity contribution is 5.81. The lowest BCUT2D eigenvalue weighted by Gasteiger charge is -2.39. The first kappa shape index (κ1) is 15.6. The second kappa shape index (κ2) is 6.79. The van der Waals surface area contributed by atoms with Crippen molar-refractivity contribution < 1.29 is 0 Å². The monoisotopic (exact) mass is 280 g/mol. The standard InChI is InChI=1S/C16H32N4/c1-4-6-14-7-5-9-16(10-8-14)13-18-15(17)20(16)12-11-19(2)3/h14H,4-13H2,1-3H3,(H2,17,18). The van der Waals surface area contributed by atoms with Crippen molar-refractivity contribution in [3.8, 4) is 0 Å². The minimum Gasteiger partial charge on any atom is -0.370 e. The molecule has 4 nitrogen and oxygen atoms in total. The zero-order chi connectivity index (χ0) is 14.6. The molecule has 0 saturated heterocycles. The number of likely N-dealkylation sites (N-methyl/N-ethyl adjacent to an activating group) is 1. The third-order valence-corrected chi connectivity index (χ3v) is 5.12. The van der Waals surface area contributed by atoms with E-state index in [1.165, 1.54) is 44.9 Å². The fraction of sp³-hybridized carbons (Fsp3) is 0.938. The molecule has 0 radical (unpaired) electrons. The predicted molar refractivity (Wildman–Crippen MR) is 86.0 cm³/mol. The van der Waals surface area contributed by atoms with Crippen LogP contribution in [0.15, 0.2) is 4.99 Å². The Hall–Kier alpha value is -0.770. The molecule has 0 aromatic rings. The van der Waals surface area contributed by atoms with Gasteiger partial charge in [0, 0.05) is 13.1 Å². The molecule has 1 fully saturated rings. The van der Waals surface area contributed by atoms with Gasteiger partial charge >= 0.3 is 0 Å². The number of guanidine groups is 1. The second-order valence-corrected chi connectivity index (χ2v) is 6.94. The Labute approximate surface area is 124 Å². The summed E-state index contributed by atoms with van der Waals surface area (Å²) >= 11 is 0. The molecule has 1 aliphatic carbocycles. The van der Waals surface area contributed by atoms with Crippen molar-refractivity contribution in [2.45, 2.75) is 57.4 Å². The van der Waals surface area contributed by atoms with Gasteiger partial charge in [0.1, 0.15) is 0 Å². The van der Waals surface area contributed by atoms with E-state index in [9.17, 15) is 0 Å². The Morgan fingerprint density at radius 2 is 2.15 bits per heavy atom. The molecule has 1 saturated carbocycles. The second-order valence-electron chi connectivity index (χ2n) is 6.94. The van der Waals surface area contributed by atoms with Crippen LogP contribution in [-0.4, -0.2) is 55.0 Å². The minimum atomic E-state index is 0.239. The zero-order valence-corrected chi connectivity index (χ0v) is 13.6. The first-order valence-corrected chi connectivity index (χ1v) is 8.30. The SMILES string of the molecule is CCCC1CCCC2(CC1)CN=C(N)N2CCN(C)C. The van der Waals surface area contributed by atoms with Crippen molar-refractivity contribution in [1.82, 2.24) is 9.80 Å². The van der Waals surface area contributed by atoms with Gasteiger partial charge in [-0.3, -0.25) is 4.99 Å². The van der Waals surface area contributed by atoms with Crippen LogP contribution in [0.3, 0.4) is 0 Å². The van der Waals surface area contributed by atoms with Crippen LogP contribution in [0.4, 0.5) is 0 Å². The number of nitrogens with zero attached hydrogens (tertiary/aromatic N) is 3. The van der Waals surface area contributed by atoms with Crippen LogP contribution < -0.4 is 5.73 Å². The summed E-state index contributed by atoms with van der Waals surface area (Å²) in [4.78, 5) is 9.24. The van der Waals surface area contributed by atoms with Gasteiger partial charge in [0.2, 0.25) is 0 Å². The van der Waals surface area contributed by atoms with E-state index in [4.69, 9.17) is 5.73 Å². The highest BCUT2D eigenvalue weighted by Gasteiger charge is 2.42. The van der Waals surface area contributed by atoms with Crippen LogP contribution in [0.1, 0.15) is 51.9 Å². The molecule has 1 heterocycles. The Morgan fingerprint density at radius 3 is 2.85 bits per heavy atom. The Morgan fingerprint density at radius 1 is 1.35 bits per heavy atom. The molecule has 20 heavy (non-hydrogen) atoms. The van der Waals surface area contributed by atoms with Gasteiger partial charge in [0.25, 0.3) is 0 Å². The maximum Gasteiger partial charge on any atom is 0.191 e. The zero-order valence-electron chi connectivity index (χ0n) is 13.6. The molecule has 1 aliphatic heterocycles. The van der Waals surface area contributed by atoms with Gasteiger partial charge in [-0.1, -0.05) is 32.6 Å². The number of nitrogens with two attached hydrogens (primary N) is 1. The summed E-state index contributed by atoms with van der Waals surface area (Å²) in [6.45, 7) is 5.29. The summed E-state index contributed by atoms with van der Waals surface area (Å²) in [5.74, 6) is 1.71. The fourth-order valence-electron chi connectivity index (χ4n) is 3.88. The summed E-state index contributed by atoms with van der Waals surface area (Å²) in [6.07, 6.45) is 9.35. The van der Waals surface area contributed by atoms with Crippen molar-refractivity contribution in [1.29, 1.82) is 0 Å². The lowest BCUT2D eigenvalue weighted by molar-refractivity contribution is 0.161. The molecule has 2 rings (SSSR count). The van der Waals surface area contributed by atoms with Gasteiger partial charge in [0.15, 0.2) is 5.96 Å². The van der Waals surface area contributed by atoms with E-state index < -0.39 is 0 Å². The topological polar surface area (TPSA) is 44.9 Å². The average Bonchev–Trinajstić information content (AvgIpc) is 2.58. The van der Waals surface area contributed by atoms with E-state index >= 15 is 0 Å². The summed E-state index contributed by atoms with van der Waals surface area (Å²) in [6, 6.07) is 0.